The molecule has 1 amide bonds. The maximum Gasteiger partial charge on any atom is 0.225 e. The SMILES string of the molecule is CC(O)OC(C)OC(c1ccc(Cl)cc1)C1CCN(C(=O)C2CCN(Cc3ccnc(N)c3)CC2)CC1. The second kappa shape index (κ2) is 13.0. The number of ether oxygens (including phenoxy) is 2. The van der Waals surface area contributed by atoms with Gasteiger partial charge in [-0.15, -0.1) is 0 Å². The van der Waals surface area contributed by atoms with Gasteiger partial charge in [0.15, 0.2) is 12.6 Å². The summed E-state index contributed by atoms with van der Waals surface area (Å²) in [5.41, 5.74) is 7.99. The monoisotopic (exact) mass is 530 g/mol. The van der Waals surface area contributed by atoms with Crippen LogP contribution in [0.15, 0.2) is 42.6 Å². The van der Waals surface area contributed by atoms with Gasteiger partial charge in [-0.25, -0.2) is 4.98 Å². The average molecular weight is 531 g/mol. The molecular weight excluding hydrogens is 492 g/mol. The first-order chi connectivity index (χ1) is 17.8. The maximum absolute atomic E-state index is 13.3. The number of aliphatic hydroxyl groups is 1. The molecule has 37 heavy (non-hydrogen) atoms. The largest absolute Gasteiger partial charge is 0.384 e. The van der Waals surface area contributed by atoms with E-state index in [1.54, 1.807) is 20.0 Å². The quantitative estimate of drug-likeness (QED) is 0.468. The summed E-state index contributed by atoms with van der Waals surface area (Å²) in [4.78, 5) is 21.8. The number of carbonyl (C=O) groups is 1. The van der Waals surface area contributed by atoms with Crippen molar-refractivity contribution >= 4 is 23.3 Å². The second-order valence-corrected chi connectivity index (χ2v) is 10.6. The molecule has 0 radical (unpaired) electrons. The summed E-state index contributed by atoms with van der Waals surface area (Å²) in [5.74, 6) is 1.14. The van der Waals surface area contributed by atoms with Crippen molar-refractivity contribution in [2.75, 3.05) is 31.9 Å². The molecule has 3 N–H and O–H groups in total. The molecule has 0 aliphatic carbocycles. The highest BCUT2D eigenvalue weighted by Gasteiger charge is 2.34. The Balaban J connectivity index is 1.29. The van der Waals surface area contributed by atoms with Crippen molar-refractivity contribution in [1.82, 2.24) is 14.8 Å². The number of rotatable bonds is 9. The van der Waals surface area contributed by atoms with E-state index >= 15 is 0 Å². The third-order valence-electron chi connectivity index (χ3n) is 7.39. The van der Waals surface area contributed by atoms with Crippen molar-refractivity contribution in [2.24, 2.45) is 11.8 Å². The van der Waals surface area contributed by atoms with Gasteiger partial charge in [-0.05, 0) is 93.9 Å². The second-order valence-electron chi connectivity index (χ2n) is 10.2. The molecule has 2 aliphatic heterocycles. The van der Waals surface area contributed by atoms with E-state index < -0.39 is 12.6 Å². The number of aliphatic hydroxyl groups excluding tert-OH is 1. The number of likely N-dealkylation sites (tertiary alicyclic amines) is 2. The predicted molar refractivity (Wildman–Crippen MR) is 143 cm³/mol. The van der Waals surface area contributed by atoms with Crippen LogP contribution in [-0.2, 0) is 20.8 Å². The molecule has 3 atom stereocenters. The molecule has 0 bridgehead atoms. The number of nitrogens with two attached hydrogens (primary N) is 1. The summed E-state index contributed by atoms with van der Waals surface area (Å²) in [5, 5.41) is 10.3. The third kappa shape index (κ3) is 7.88. The van der Waals surface area contributed by atoms with Gasteiger partial charge in [-0.2, -0.15) is 0 Å². The fraction of sp³-hybridized carbons (Fsp3) is 0.571. The van der Waals surface area contributed by atoms with Crippen LogP contribution in [0.3, 0.4) is 0 Å². The van der Waals surface area contributed by atoms with E-state index in [9.17, 15) is 9.90 Å². The number of nitrogens with zero attached hydrogens (tertiary/aromatic N) is 3. The van der Waals surface area contributed by atoms with Crippen molar-refractivity contribution in [3.05, 3.63) is 58.7 Å². The summed E-state index contributed by atoms with van der Waals surface area (Å²) >= 11 is 6.11. The van der Waals surface area contributed by atoms with Crippen molar-refractivity contribution in [1.29, 1.82) is 0 Å². The normalized spacial score (nSPS) is 20.5. The van der Waals surface area contributed by atoms with E-state index in [2.05, 4.69) is 9.88 Å². The van der Waals surface area contributed by atoms with Gasteiger partial charge in [-0.1, -0.05) is 23.7 Å². The third-order valence-corrected chi connectivity index (χ3v) is 7.65. The van der Waals surface area contributed by atoms with Gasteiger partial charge in [0.1, 0.15) is 5.82 Å². The molecule has 2 saturated heterocycles. The lowest BCUT2D eigenvalue weighted by Crippen LogP contribution is -2.46. The van der Waals surface area contributed by atoms with Crippen LogP contribution in [-0.4, -0.2) is 64.6 Å². The van der Waals surface area contributed by atoms with Crippen molar-refractivity contribution in [3.63, 3.8) is 0 Å². The number of carbonyl (C=O) groups excluding carboxylic acids is 1. The number of aromatic nitrogens is 1. The smallest absolute Gasteiger partial charge is 0.225 e. The Labute approximate surface area is 224 Å². The summed E-state index contributed by atoms with van der Waals surface area (Å²) in [7, 11) is 0. The highest BCUT2D eigenvalue weighted by atomic mass is 35.5. The van der Waals surface area contributed by atoms with E-state index in [0.717, 1.165) is 69.5 Å². The Bertz CT molecular complexity index is 1010. The molecule has 2 aliphatic rings. The molecule has 1 aromatic heterocycles. The van der Waals surface area contributed by atoms with Crippen LogP contribution in [0.25, 0.3) is 0 Å². The standard InChI is InChI=1S/C28H39ClN4O4/c1-19(34)36-20(2)37-27(22-3-5-25(29)6-4-22)23-10-15-33(16-11-23)28(35)24-8-13-32(14-9-24)18-21-7-12-31-26(30)17-21/h3-7,12,17,19-20,23-24,27,34H,8-11,13-16,18H2,1-2H3,(H2,30,31). The summed E-state index contributed by atoms with van der Waals surface area (Å²) in [6.45, 7) is 7.46. The zero-order valence-electron chi connectivity index (χ0n) is 21.8. The highest BCUT2D eigenvalue weighted by Crippen LogP contribution is 2.36. The summed E-state index contributed by atoms with van der Waals surface area (Å²) in [6.07, 6.45) is 3.53. The van der Waals surface area contributed by atoms with Gasteiger partial charge in [0.2, 0.25) is 5.91 Å². The maximum atomic E-state index is 13.3. The molecule has 0 spiro atoms. The molecular formula is C28H39ClN4O4. The number of nitrogen functional groups attached to an aromatic ring is 1. The Morgan fingerprint density at radius 3 is 2.38 bits per heavy atom. The van der Waals surface area contributed by atoms with E-state index in [1.165, 1.54) is 0 Å². The van der Waals surface area contributed by atoms with Gasteiger partial charge in [0, 0.05) is 36.8 Å². The number of benzene rings is 1. The van der Waals surface area contributed by atoms with Crippen LogP contribution in [0.5, 0.6) is 0 Å². The van der Waals surface area contributed by atoms with E-state index in [0.29, 0.717) is 10.8 Å². The van der Waals surface area contributed by atoms with Crippen molar-refractivity contribution in [2.45, 2.75) is 64.8 Å². The number of piperidine rings is 2. The van der Waals surface area contributed by atoms with Crippen molar-refractivity contribution < 1.29 is 19.4 Å². The molecule has 2 aromatic rings. The molecule has 202 valence electrons. The van der Waals surface area contributed by atoms with Gasteiger partial charge < -0.3 is 25.2 Å². The lowest BCUT2D eigenvalue weighted by Gasteiger charge is -2.39. The summed E-state index contributed by atoms with van der Waals surface area (Å²) < 4.78 is 11.7. The fourth-order valence-electron chi connectivity index (χ4n) is 5.50. The first kappa shape index (κ1) is 27.8. The number of hydrogen-bond acceptors (Lipinski definition) is 7. The van der Waals surface area contributed by atoms with Crippen LogP contribution in [0, 0.1) is 11.8 Å². The topological polar surface area (TPSA) is 101 Å². The zero-order chi connectivity index (χ0) is 26.4. The first-order valence-electron chi connectivity index (χ1n) is 13.2. The van der Waals surface area contributed by atoms with Gasteiger partial charge in [0.05, 0.1) is 6.10 Å². The van der Waals surface area contributed by atoms with Crippen LogP contribution in [0.4, 0.5) is 5.82 Å². The average Bonchev–Trinajstić information content (AvgIpc) is 2.88. The van der Waals surface area contributed by atoms with Crippen LogP contribution in [0.2, 0.25) is 5.02 Å². The Kier molecular flexibility index (Phi) is 9.78. The Morgan fingerprint density at radius 1 is 1.08 bits per heavy atom. The number of amides is 1. The van der Waals surface area contributed by atoms with Crippen LogP contribution < -0.4 is 5.73 Å². The zero-order valence-corrected chi connectivity index (χ0v) is 22.5. The molecule has 3 heterocycles. The fourth-order valence-corrected chi connectivity index (χ4v) is 5.63. The predicted octanol–water partition coefficient (Wildman–Crippen LogP) is 4.23. The van der Waals surface area contributed by atoms with E-state index in [4.69, 9.17) is 26.8 Å². The highest BCUT2D eigenvalue weighted by molar-refractivity contribution is 6.30. The summed E-state index contributed by atoms with van der Waals surface area (Å²) in [6, 6.07) is 11.6. The minimum atomic E-state index is -0.908. The molecule has 4 rings (SSSR count). The number of hydrogen-bond donors (Lipinski definition) is 2. The van der Waals surface area contributed by atoms with Crippen LogP contribution in [0.1, 0.15) is 56.8 Å². The molecule has 2 fully saturated rings. The Morgan fingerprint density at radius 2 is 1.76 bits per heavy atom. The van der Waals surface area contributed by atoms with E-state index in [-0.39, 0.29) is 23.8 Å². The number of halogens is 1. The van der Waals surface area contributed by atoms with Gasteiger partial charge in [-0.3, -0.25) is 9.69 Å². The molecule has 9 heteroatoms. The number of anilines is 1. The van der Waals surface area contributed by atoms with Gasteiger partial charge >= 0.3 is 0 Å². The molecule has 0 saturated carbocycles. The molecule has 8 nitrogen and oxygen atoms in total. The minimum Gasteiger partial charge on any atom is -0.384 e. The lowest BCUT2D eigenvalue weighted by atomic mass is 9.86. The van der Waals surface area contributed by atoms with Crippen LogP contribution >= 0.6 is 11.6 Å². The minimum absolute atomic E-state index is 0.0816. The molecule has 3 unspecified atom stereocenters. The van der Waals surface area contributed by atoms with E-state index in [1.807, 2.05) is 41.3 Å². The van der Waals surface area contributed by atoms with Crippen molar-refractivity contribution in [3.8, 4) is 0 Å². The lowest BCUT2D eigenvalue weighted by molar-refractivity contribution is -0.239. The first-order valence-corrected chi connectivity index (χ1v) is 13.6. The molecule has 1 aromatic carbocycles. The van der Waals surface area contributed by atoms with Gasteiger partial charge in [0.25, 0.3) is 0 Å². The number of pyridine rings is 1. The Hall–Kier alpha value is -2.23.